The maximum absolute atomic E-state index is 12.4. The molecular weight excluding hydrogens is 1490 g/mol. The van der Waals surface area contributed by atoms with Gasteiger partial charge in [-0.3, -0.25) is 0 Å². The number of halogens is 1. The van der Waals surface area contributed by atoms with Crippen molar-refractivity contribution in [3.8, 4) is 86.5 Å². The van der Waals surface area contributed by atoms with Gasteiger partial charge in [0.2, 0.25) is 0 Å². The highest BCUT2D eigenvalue weighted by Gasteiger charge is 2.22. The number of benzene rings is 6. The number of aromatic nitrogens is 8. The molecule has 4 heterocycles. The molecule has 0 spiro atoms. The summed E-state index contributed by atoms with van der Waals surface area (Å²) in [5, 5.41) is 10.7. The third kappa shape index (κ3) is 25.4. The molecule has 0 aliphatic carbocycles. The van der Waals surface area contributed by atoms with Gasteiger partial charge >= 0.3 is 6.09 Å². The van der Waals surface area contributed by atoms with Crippen LogP contribution in [-0.2, 0) is 34.2 Å². The maximum Gasteiger partial charge on any atom is 0.407 e. The van der Waals surface area contributed by atoms with Gasteiger partial charge < -0.3 is 53.3 Å². The zero-order chi connectivity index (χ0) is 78.1. The van der Waals surface area contributed by atoms with E-state index in [0.717, 1.165) is 23.3 Å². The minimum Gasteiger partial charge on any atom is -0.508 e. The molecule has 556 valence electrons. The number of nitrogens with zero attached hydrogens (tertiary/aromatic N) is 8. The summed E-state index contributed by atoms with van der Waals surface area (Å²) in [5.41, 5.74) is 34.8. The number of alkyl carbamates (subject to hydrolysis) is 1. The van der Waals surface area contributed by atoms with Crippen molar-refractivity contribution in [2.75, 3.05) is 49.2 Å². The van der Waals surface area contributed by atoms with Crippen LogP contribution in [0.1, 0.15) is 109 Å². The van der Waals surface area contributed by atoms with Crippen molar-refractivity contribution >= 4 is 74.8 Å². The molecule has 0 aliphatic rings. The van der Waals surface area contributed by atoms with Gasteiger partial charge in [0.25, 0.3) is 0 Å². The molecule has 0 saturated carbocycles. The lowest BCUT2D eigenvalue weighted by molar-refractivity contribution is 0.0525. The van der Waals surface area contributed by atoms with Crippen LogP contribution in [0.4, 0.5) is 28.1 Å². The van der Waals surface area contributed by atoms with Crippen LogP contribution in [0.25, 0.3) is 33.8 Å². The molecule has 0 atom stereocenters. The van der Waals surface area contributed by atoms with E-state index in [1.165, 1.54) is 24.7 Å². The number of phenols is 1. The van der Waals surface area contributed by atoms with Gasteiger partial charge in [0.1, 0.15) is 33.3 Å². The molecule has 0 unspecified atom stereocenters. The van der Waals surface area contributed by atoms with Gasteiger partial charge in [0.05, 0.1) is 91.7 Å². The number of nitrogens with two attached hydrogens (primary N) is 5. The average Bonchev–Trinajstić information content (AvgIpc) is 0.819. The monoisotopic (exact) mass is 1570 g/mol. The lowest BCUT2D eigenvalue weighted by Gasteiger charge is -2.19. The number of hydrogen-bond donors (Lipinski definition) is 7. The number of ether oxygens (including phenoxy) is 3. The van der Waals surface area contributed by atoms with Crippen molar-refractivity contribution in [1.82, 2.24) is 45.2 Å². The Labute approximate surface area is 632 Å². The van der Waals surface area contributed by atoms with Gasteiger partial charge in [-0.05, 0) is 206 Å². The molecule has 0 bridgehead atoms. The number of nitrogen functional groups attached to an aromatic ring is 4. The molecule has 107 heavy (non-hydrogen) atoms. The van der Waals surface area contributed by atoms with E-state index >= 15 is 0 Å². The highest BCUT2D eigenvalue weighted by Crippen LogP contribution is 2.27. The second-order valence-electron chi connectivity index (χ2n) is 25.1. The maximum atomic E-state index is 12.4. The lowest BCUT2D eigenvalue weighted by Crippen LogP contribution is -2.33. The molecule has 29 heteroatoms. The Morgan fingerprint density at radius 1 is 0.486 bits per heavy atom. The van der Waals surface area contributed by atoms with E-state index in [4.69, 9.17) is 42.9 Å². The summed E-state index contributed by atoms with van der Waals surface area (Å²) in [5.74, 6) is 20.3. The van der Waals surface area contributed by atoms with Crippen molar-refractivity contribution < 1.29 is 49.4 Å². The topological polar surface area (TPSA) is 413 Å². The quantitative estimate of drug-likeness (QED) is 0.0310. The Bertz CT molecular complexity index is 5250. The first-order chi connectivity index (χ1) is 50.7. The minimum atomic E-state index is -3.36. The number of rotatable bonds is 18. The molecule has 0 saturated heterocycles. The number of carbonyl (C=O) groups excluding carboxylic acids is 1. The zero-order valence-corrected chi connectivity index (χ0v) is 64.4. The summed E-state index contributed by atoms with van der Waals surface area (Å²) in [4.78, 5) is 46.0. The smallest absolute Gasteiger partial charge is 0.407 e. The molecule has 12 N–H and O–H groups in total. The van der Waals surface area contributed by atoms with E-state index < -0.39 is 57.0 Å². The van der Waals surface area contributed by atoms with Crippen molar-refractivity contribution in [3.05, 3.63) is 215 Å². The van der Waals surface area contributed by atoms with E-state index in [1.807, 2.05) is 63.2 Å². The third-order valence-electron chi connectivity index (χ3n) is 14.7. The summed E-state index contributed by atoms with van der Waals surface area (Å²) in [6, 6.07) is 40.8. The normalized spacial score (nSPS) is 11.1. The van der Waals surface area contributed by atoms with Crippen molar-refractivity contribution in [2.45, 2.75) is 111 Å². The fraction of sp³-hybridized carbons (Fsp3) is 0.244. The highest BCUT2D eigenvalue weighted by atomic mass is 79.9. The van der Waals surface area contributed by atoms with Gasteiger partial charge in [-0.15, -0.1) is 0 Å². The largest absolute Gasteiger partial charge is 0.508 e. The molecule has 4 aromatic heterocycles. The molecule has 25 nitrogen and oxygen atoms in total. The Morgan fingerprint density at radius 3 is 1.18 bits per heavy atom. The molecule has 0 radical (unpaired) electrons. The van der Waals surface area contributed by atoms with Gasteiger partial charge in [-0.25, -0.2) is 69.9 Å². The van der Waals surface area contributed by atoms with E-state index in [2.05, 4.69) is 96.6 Å². The number of phenolic OH excluding ortho intramolecular Hbond substituents is 1. The SMILES string of the molecule is CC(C)S(=O)(=O)c1ccc(-c2cnc(N)c(C#Cc3cccc(O)c3)n2)cc1.CC(C)S(=O)(=O)c1ccc(-c2cnc(N)c(C#Cc3cccc(OCCCN)c3)n2)cc1.CC(C)S(=O)(=O)c1ccc(-c2cnc(N)c(C#Cc3cccc(OCCCNC(=O)OC(C)(C)C)c3)n2)cc1.Nc1cnc(Br)cn1. The Hall–Kier alpha value is -11.5. The Kier molecular flexibility index (Phi) is 29.8. The predicted molar refractivity (Wildman–Crippen MR) is 419 cm³/mol. The number of amides is 1. The van der Waals surface area contributed by atoms with E-state index in [-0.39, 0.29) is 37.9 Å². The molecule has 10 rings (SSSR count). The van der Waals surface area contributed by atoms with Crippen LogP contribution < -0.4 is 43.5 Å². The van der Waals surface area contributed by atoms with Gasteiger partial charge in [0, 0.05) is 39.9 Å². The van der Waals surface area contributed by atoms with Crippen molar-refractivity contribution in [2.24, 2.45) is 5.73 Å². The first-order valence-corrected chi connectivity index (χ1v) is 38.8. The second kappa shape index (κ2) is 38.5. The first-order valence-electron chi connectivity index (χ1n) is 33.3. The third-order valence-corrected chi connectivity index (χ3v) is 21.6. The zero-order valence-electron chi connectivity index (χ0n) is 60.3. The summed E-state index contributed by atoms with van der Waals surface area (Å²) < 4.78 is 91.2. The number of hydrogen-bond acceptors (Lipinski definition) is 24. The Balaban J connectivity index is 0.000000214. The van der Waals surface area contributed by atoms with Crippen molar-refractivity contribution in [3.63, 3.8) is 0 Å². The number of aromatic hydroxyl groups is 1. The standard InChI is InChI=1S/C29H34N4O5S.C24H26N4O3S.C21H19N3O3S.C4H4BrN3/c1-20(2)39(35,36)24-13-11-22(12-14-24)26-19-32-27(30)25(33-26)15-10-21-8-6-9-23(18-21)37-17-7-16-31-28(34)38-29(3,4)5;1-17(2)32(29,30)21-10-8-19(9-11-21)23-16-27-24(26)22(28-23)12-7-18-5-3-6-20(15-18)31-14-4-13-25;1-14(2)28(26,27)18-9-7-16(8-10-18)20-13-23-21(22)19(24-20)11-6-15-4-3-5-17(25)12-15;5-3-1-8-4(6)2-7-3/h6,8-9,11-14,18-20H,7,16-17H2,1-5H3,(H2,30,32)(H,31,34);3,5-6,8-11,15-17H,4,13-14,25H2,1-2H3,(H2,26,27);3-5,7-10,12-14,25H,1-2H3,(H2,22,23);1-2H,(H2,6,8). The van der Waals surface area contributed by atoms with Crippen LogP contribution in [0.15, 0.2) is 196 Å². The fourth-order valence-corrected chi connectivity index (χ4v) is 12.2. The van der Waals surface area contributed by atoms with Crippen LogP contribution in [0.3, 0.4) is 0 Å². The summed E-state index contributed by atoms with van der Waals surface area (Å²) in [6.07, 6.45) is 8.55. The highest BCUT2D eigenvalue weighted by molar-refractivity contribution is 9.10. The Morgan fingerprint density at radius 2 is 0.850 bits per heavy atom. The second-order valence-corrected chi connectivity index (χ2v) is 33.4. The van der Waals surface area contributed by atoms with Crippen LogP contribution >= 0.6 is 15.9 Å². The molecule has 1 amide bonds. The predicted octanol–water partition coefficient (Wildman–Crippen LogP) is 11.5. The fourth-order valence-electron chi connectivity index (χ4n) is 8.82. The van der Waals surface area contributed by atoms with E-state index in [9.17, 15) is 35.2 Å². The number of nitrogens with one attached hydrogen (secondary N) is 1. The van der Waals surface area contributed by atoms with Crippen LogP contribution in [-0.4, -0.2) is 124 Å². The molecule has 6 aromatic carbocycles. The minimum absolute atomic E-state index is 0.121. The summed E-state index contributed by atoms with van der Waals surface area (Å²) in [6.45, 7) is 17.3. The molecule has 0 aliphatic heterocycles. The summed E-state index contributed by atoms with van der Waals surface area (Å²) >= 11 is 3.12. The van der Waals surface area contributed by atoms with E-state index in [0.29, 0.717) is 105 Å². The first kappa shape index (κ1) is 82.8. The molecule has 0 fully saturated rings. The van der Waals surface area contributed by atoms with Gasteiger partial charge in [0.15, 0.2) is 64.0 Å². The van der Waals surface area contributed by atoms with Crippen LogP contribution in [0.2, 0.25) is 0 Å². The lowest BCUT2D eigenvalue weighted by atomic mass is 10.1. The molecule has 10 aromatic rings. The average molecular weight is 1570 g/mol. The van der Waals surface area contributed by atoms with E-state index in [1.54, 1.807) is 151 Å². The molecular formula is C78H83BrN14O11S3. The van der Waals surface area contributed by atoms with Gasteiger partial charge in [-0.2, -0.15) is 0 Å². The number of anilines is 4. The summed E-state index contributed by atoms with van der Waals surface area (Å²) in [7, 11) is -10.0. The number of carbonyl (C=O) groups is 1. The number of sulfone groups is 3. The van der Waals surface area contributed by atoms with Crippen molar-refractivity contribution in [1.29, 1.82) is 0 Å². The van der Waals surface area contributed by atoms with Gasteiger partial charge in [-0.1, -0.05) is 72.4 Å². The van der Waals surface area contributed by atoms with Crippen LogP contribution in [0.5, 0.6) is 17.2 Å². The van der Waals surface area contributed by atoms with Crippen LogP contribution in [0, 0.1) is 35.5 Å².